The van der Waals surface area contributed by atoms with Crippen molar-refractivity contribution in [3.05, 3.63) is 35.3 Å². The third-order valence-corrected chi connectivity index (χ3v) is 3.75. The Morgan fingerprint density at radius 1 is 1.40 bits per heavy atom. The second kappa shape index (κ2) is 5.58. The Morgan fingerprint density at radius 3 is 3.05 bits per heavy atom. The van der Waals surface area contributed by atoms with E-state index in [1.165, 1.54) is 0 Å². The minimum Gasteiger partial charge on any atom is -0.396 e. The van der Waals surface area contributed by atoms with E-state index in [1.54, 1.807) is 0 Å². The Balaban J connectivity index is 1.68. The van der Waals surface area contributed by atoms with Gasteiger partial charge in [0.05, 0.1) is 11.4 Å². The molecule has 2 aromatic rings. The normalized spacial score (nSPS) is 18.7. The van der Waals surface area contributed by atoms with Crippen LogP contribution in [0.4, 0.5) is 5.82 Å². The lowest BCUT2D eigenvalue weighted by molar-refractivity contribution is 0.298. The molecule has 2 N–H and O–H groups in total. The van der Waals surface area contributed by atoms with Crippen LogP contribution in [0, 0.1) is 6.92 Å². The highest BCUT2D eigenvalue weighted by Gasteiger charge is 2.26. The van der Waals surface area contributed by atoms with Crippen LogP contribution in [0.15, 0.2) is 18.2 Å². The van der Waals surface area contributed by atoms with Crippen LogP contribution < -0.4 is 4.90 Å². The van der Waals surface area contributed by atoms with Crippen LogP contribution in [-0.4, -0.2) is 45.2 Å². The van der Waals surface area contributed by atoms with Gasteiger partial charge in [0, 0.05) is 37.7 Å². The van der Waals surface area contributed by atoms with Crippen molar-refractivity contribution in [2.45, 2.75) is 25.7 Å². The minimum atomic E-state index is 0.150. The van der Waals surface area contributed by atoms with Crippen molar-refractivity contribution in [3.63, 3.8) is 0 Å². The van der Waals surface area contributed by atoms with Gasteiger partial charge in [-0.25, -0.2) is 0 Å². The number of hydrogen-bond acceptors (Lipinski definition) is 5. The van der Waals surface area contributed by atoms with E-state index < -0.39 is 0 Å². The molecule has 3 rings (SSSR count). The highest BCUT2D eigenvalue weighted by Crippen LogP contribution is 2.28. The Kier molecular flexibility index (Phi) is 3.64. The Labute approximate surface area is 117 Å². The lowest BCUT2D eigenvalue weighted by Crippen LogP contribution is -2.20. The SMILES string of the molecule is Cc1ccc(N2CC[C@@H](c3cc(CCO)[nH]n3)C2)nn1. The maximum atomic E-state index is 8.94. The zero-order chi connectivity index (χ0) is 13.9. The molecule has 0 unspecified atom stereocenters. The minimum absolute atomic E-state index is 0.150. The average molecular weight is 273 g/mol. The quantitative estimate of drug-likeness (QED) is 0.870. The molecule has 0 aliphatic carbocycles. The van der Waals surface area contributed by atoms with Crippen molar-refractivity contribution in [2.75, 3.05) is 24.6 Å². The predicted octanol–water partition coefficient (Wildman–Crippen LogP) is 1.04. The fourth-order valence-electron chi connectivity index (χ4n) is 2.61. The van der Waals surface area contributed by atoms with Crippen LogP contribution in [0.25, 0.3) is 0 Å². The fourth-order valence-corrected chi connectivity index (χ4v) is 2.61. The zero-order valence-corrected chi connectivity index (χ0v) is 11.6. The molecule has 1 atom stereocenters. The molecule has 2 aromatic heterocycles. The van der Waals surface area contributed by atoms with Crippen LogP contribution in [-0.2, 0) is 6.42 Å². The summed E-state index contributed by atoms with van der Waals surface area (Å²) in [6.07, 6.45) is 1.70. The monoisotopic (exact) mass is 273 g/mol. The van der Waals surface area contributed by atoms with E-state index in [4.69, 9.17) is 5.11 Å². The molecule has 0 amide bonds. The number of aliphatic hydroxyl groups is 1. The average Bonchev–Trinajstić information content (AvgIpc) is 3.08. The number of rotatable bonds is 4. The van der Waals surface area contributed by atoms with Crippen LogP contribution in [0.1, 0.15) is 29.4 Å². The molecule has 3 heterocycles. The van der Waals surface area contributed by atoms with Gasteiger partial charge in [0.15, 0.2) is 5.82 Å². The molecule has 6 heteroatoms. The summed E-state index contributed by atoms with van der Waals surface area (Å²) in [7, 11) is 0. The van der Waals surface area contributed by atoms with Crippen molar-refractivity contribution < 1.29 is 5.11 Å². The van der Waals surface area contributed by atoms with E-state index in [0.717, 1.165) is 42.4 Å². The molecule has 0 spiro atoms. The number of anilines is 1. The highest BCUT2D eigenvalue weighted by atomic mass is 16.3. The standard InChI is InChI=1S/C14H19N5O/c1-10-2-3-14(18-15-10)19-6-4-11(9-19)13-8-12(5-7-20)16-17-13/h2-3,8,11,20H,4-7,9H2,1H3,(H,16,17)/t11-/m1/s1. The van der Waals surface area contributed by atoms with Gasteiger partial charge in [-0.1, -0.05) is 0 Å². The van der Waals surface area contributed by atoms with Crippen LogP contribution in [0.5, 0.6) is 0 Å². The third kappa shape index (κ3) is 2.65. The van der Waals surface area contributed by atoms with Gasteiger partial charge in [-0.3, -0.25) is 5.10 Å². The lowest BCUT2D eigenvalue weighted by Gasteiger charge is -2.16. The molecule has 0 radical (unpaired) electrons. The van der Waals surface area contributed by atoms with E-state index in [9.17, 15) is 0 Å². The molecule has 1 fully saturated rings. The van der Waals surface area contributed by atoms with E-state index >= 15 is 0 Å². The largest absolute Gasteiger partial charge is 0.396 e. The van der Waals surface area contributed by atoms with Crippen molar-refractivity contribution in [1.82, 2.24) is 20.4 Å². The Morgan fingerprint density at radius 2 is 2.30 bits per heavy atom. The fraction of sp³-hybridized carbons (Fsp3) is 0.500. The lowest BCUT2D eigenvalue weighted by atomic mass is 10.0. The first-order chi connectivity index (χ1) is 9.76. The van der Waals surface area contributed by atoms with Gasteiger partial charge in [0.1, 0.15) is 0 Å². The predicted molar refractivity (Wildman–Crippen MR) is 75.7 cm³/mol. The molecule has 1 aliphatic heterocycles. The number of nitrogens with zero attached hydrogens (tertiary/aromatic N) is 4. The third-order valence-electron chi connectivity index (χ3n) is 3.75. The molecule has 1 aliphatic rings. The van der Waals surface area contributed by atoms with Crippen LogP contribution in [0.2, 0.25) is 0 Å². The summed E-state index contributed by atoms with van der Waals surface area (Å²) in [6, 6.07) is 6.07. The number of aromatic nitrogens is 4. The highest BCUT2D eigenvalue weighted by molar-refractivity contribution is 5.40. The Bertz CT molecular complexity index is 565. The summed E-state index contributed by atoms with van der Waals surface area (Å²) in [6.45, 7) is 3.99. The number of aryl methyl sites for hydroxylation is 1. The van der Waals surface area contributed by atoms with Crippen molar-refractivity contribution >= 4 is 5.82 Å². The number of nitrogens with one attached hydrogen (secondary N) is 1. The van der Waals surface area contributed by atoms with Gasteiger partial charge < -0.3 is 10.0 Å². The topological polar surface area (TPSA) is 77.9 Å². The molecule has 0 aromatic carbocycles. The maximum absolute atomic E-state index is 8.94. The van der Waals surface area contributed by atoms with Gasteiger partial charge in [-0.15, -0.1) is 5.10 Å². The molecule has 0 saturated carbocycles. The summed E-state index contributed by atoms with van der Waals surface area (Å²) >= 11 is 0. The zero-order valence-electron chi connectivity index (χ0n) is 11.6. The van der Waals surface area contributed by atoms with Crippen molar-refractivity contribution in [1.29, 1.82) is 0 Å². The molecular weight excluding hydrogens is 254 g/mol. The van der Waals surface area contributed by atoms with Crippen molar-refractivity contribution in [2.24, 2.45) is 0 Å². The number of aromatic amines is 1. The van der Waals surface area contributed by atoms with Gasteiger partial charge >= 0.3 is 0 Å². The summed E-state index contributed by atoms with van der Waals surface area (Å²) in [4.78, 5) is 2.25. The molecule has 106 valence electrons. The number of hydrogen-bond donors (Lipinski definition) is 2. The van der Waals surface area contributed by atoms with E-state index in [1.807, 2.05) is 19.1 Å². The molecular formula is C14H19N5O. The first kappa shape index (κ1) is 13.1. The van der Waals surface area contributed by atoms with E-state index in [2.05, 4.69) is 31.4 Å². The van der Waals surface area contributed by atoms with Gasteiger partial charge in [0.25, 0.3) is 0 Å². The molecule has 6 nitrogen and oxygen atoms in total. The molecule has 20 heavy (non-hydrogen) atoms. The van der Waals surface area contributed by atoms with Gasteiger partial charge in [-0.05, 0) is 31.5 Å². The van der Waals surface area contributed by atoms with Crippen LogP contribution >= 0.6 is 0 Å². The summed E-state index contributed by atoms with van der Waals surface area (Å²) in [5.41, 5.74) is 3.01. The van der Waals surface area contributed by atoms with Crippen LogP contribution in [0.3, 0.4) is 0 Å². The summed E-state index contributed by atoms with van der Waals surface area (Å²) in [5.74, 6) is 1.35. The number of H-pyrrole nitrogens is 1. The van der Waals surface area contributed by atoms with E-state index in [0.29, 0.717) is 12.3 Å². The molecule has 0 bridgehead atoms. The first-order valence-corrected chi connectivity index (χ1v) is 6.96. The Hall–Kier alpha value is -1.95. The van der Waals surface area contributed by atoms with Crippen molar-refractivity contribution in [3.8, 4) is 0 Å². The summed E-state index contributed by atoms with van der Waals surface area (Å²) < 4.78 is 0. The smallest absolute Gasteiger partial charge is 0.151 e. The maximum Gasteiger partial charge on any atom is 0.151 e. The van der Waals surface area contributed by atoms with Gasteiger partial charge in [0.2, 0.25) is 0 Å². The summed E-state index contributed by atoms with van der Waals surface area (Å²) in [5, 5.41) is 24.6. The second-order valence-electron chi connectivity index (χ2n) is 5.26. The molecule has 1 saturated heterocycles. The van der Waals surface area contributed by atoms with Gasteiger partial charge in [-0.2, -0.15) is 10.2 Å². The van der Waals surface area contributed by atoms with E-state index in [-0.39, 0.29) is 6.61 Å². The first-order valence-electron chi connectivity index (χ1n) is 6.96. The second-order valence-corrected chi connectivity index (χ2v) is 5.26. The number of aliphatic hydroxyl groups excluding tert-OH is 1.